The summed E-state index contributed by atoms with van der Waals surface area (Å²) in [5, 5.41) is 3.25. The van der Waals surface area contributed by atoms with E-state index in [1.54, 1.807) is 0 Å². The van der Waals surface area contributed by atoms with Gasteiger partial charge in [0.2, 0.25) is 0 Å². The van der Waals surface area contributed by atoms with E-state index in [0.717, 1.165) is 17.7 Å². The molecule has 0 radical (unpaired) electrons. The first-order chi connectivity index (χ1) is 7.55. The molecule has 0 unspecified atom stereocenters. The molecule has 1 aromatic carbocycles. The molecule has 5 heteroatoms. The minimum absolute atomic E-state index is 0.0996. The molecule has 88 valence electrons. The van der Waals surface area contributed by atoms with E-state index in [0.29, 0.717) is 12.3 Å². The Morgan fingerprint density at radius 2 is 2.00 bits per heavy atom. The van der Waals surface area contributed by atoms with Crippen molar-refractivity contribution in [1.29, 1.82) is 0 Å². The highest BCUT2D eigenvalue weighted by molar-refractivity contribution is 7.91. The van der Waals surface area contributed by atoms with Crippen LogP contribution in [0.5, 0.6) is 0 Å². The van der Waals surface area contributed by atoms with Gasteiger partial charge in [-0.05, 0) is 24.1 Å². The summed E-state index contributed by atoms with van der Waals surface area (Å²) in [5.41, 5.74) is 7.45. The zero-order valence-electron chi connectivity index (χ0n) is 9.02. The van der Waals surface area contributed by atoms with Crippen LogP contribution in [-0.2, 0) is 16.4 Å². The molecule has 1 aliphatic rings. The van der Waals surface area contributed by atoms with Crippen LogP contribution < -0.4 is 11.1 Å². The molecule has 1 heterocycles. The largest absolute Gasteiger partial charge is 0.399 e. The van der Waals surface area contributed by atoms with Crippen LogP contribution in [0.1, 0.15) is 12.0 Å². The fraction of sp³-hybridized carbons (Fsp3) is 0.455. The van der Waals surface area contributed by atoms with Gasteiger partial charge in [-0.1, -0.05) is 12.1 Å². The molecule has 0 bridgehead atoms. The van der Waals surface area contributed by atoms with E-state index in [1.807, 2.05) is 24.3 Å². The second-order valence-corrected chi connectivity index (χ2v) is 6.45. The Bertz CT molecular complexity index is 453. The monoisotopic (exact) mass is 240 g/mol. The summed E-state index contributed by atoms with van der Waals surface area (Å²) in [4.78, 5) is 0. The maximum absolute atomic E-state index is 11.2. The summed E-state index contributed by atoms with van der Waals surface area (Å²) in [7, 11) is -2.79. The lowest BCUT2D eigenvalue weighted by Gasteiger charge is -2.10. The summed E-state index contributed by atoms with van der Waals surface area (Å²) in [6.45, 7) is 0.695. The number of hydrogen-bond donors (Lipinski definition) is 2. The van der Waals surface area contributed by atoms with Crippen molar-refractivity contribution >= 4 is 15.5 Å². The lowest BCUT2D eigenvalue weighted by Crippen LogP contribution is -2.29. The maximum Gasteiger partial charge on any atom is 0.151 e. The number of nitrogen functional groups attached to an aromatic ring is 1. The zero-order chi connectivity index (χ0) is 11.6. The van der Waals surface area contributed by atoms with Gasteiger partial charge in [0.25, 0.3) is 0 Å². The van der Waals surface area contributed by atoms with Crippen molar-refractivity contribution in [1.82, 2.24) is 5.32 Å². The highest BCUT2D eigenvalue weighted by Gasteiger charge is 2.27. The number of anilines is 1. The SMILES string of the molecule is Nc1ccc(CN[C@H]2CCS(=O)(=O)C2)cc1. The molecule has 1 atom stereocenters. The number of nitrogens with two attached hydrogens (primary N) is 1. The maximum atomic E-state index is 11.2. The average Bonchev–Trinajstić information content (AvgIpc) is 2.58. The van der Waals surface area contributed by atoms with Gasteiger partial charge in [-0.25, -0.2) is 8.42 Å². The van der Waals surface area contributed by atoms with Gasteiger partial charge in [0.05, 0.1) is 11.5 Å². The van der Waals surface area contributed by atoms with Gasteiger partial charge in [-0.15, -0.1) is 0 Å². The number of nitrogens with one attached hydrogen (secondary N) is 1. The van der Waals surface area contributed by atoms with Gasteiger partial charge >= 0.3 is 0 Å². The Kier molecular flexibility index (Phi) is 3.16. The fourth-order valence-electron chi connectivity index (χ4n) is 1.85. The highest BCUT2D eigenvalue weighted by atomic mass is 32.2. The first kappa shape index (κ1) is 11.4. The molecule has 0 saturated carbocycles. The third-order valence-electron chi connectivity index (χ3n) is 2.81. The standard InChI is InChI=1S/C11H16N2O2S/c12-10-3-1-9(2-4-10)7-13-11-5-6-16(14,15)8-11/h1-4,11,13H,5-8,12H2/t11-/m0/s1. The molecule has 1 aromatic rings. The smallest absolute Gasteiger partial charge is 0.151 e. The van der Waals surface area contributed by atoms with E-state index < -0.39 is 9.84 Å². The van der Waals surface area contributed by atoms with E-state index in [2.05, 4.69) is 5.32 Å². The lowest BCUT2D eigenvalue weighted by atomic mass is 10.2. The Morgan fingerprint density at radius 3 is 2.56 bits per heavy atom. The van der Waals surface area contributed by atoms with Gasteiger partial charge in [0, 0.05) is 18.3 Å². The molecule has 0 aliphatic carbocycles. The van der Waals surface area contributed by atoms with Gasteiger partial charge < -0.3 is 11.1 Å². The second-order valence-electron chi connectivity index (χ2n) is 4.22. The second kappa shape index (κ2) is 4.43. The summed E-state index contributed by atoms with van der Waals surface area (Å²) >= 11 is 0. The molecule has 3 N–H and O–H groups in total. The molecule has 4 nitrogen and oxygen atoms in total. The number of sulfone groups is 1. The minimum atomic E-state index is -2.79. The molecule has 1 fully saturated rings. The van der Waals surface area contributed by atoms with Gasteiger partial charge in [0.1, 0.15) is 0 Å². The van der Waals surface area contributed by atoms with E-state index in [-0.39, 0.29) is 11.8 Å². The van der Waals surface area contributed by atoms with Crippen molar-refractivity contribution in [3.8, 4) is 0 Å². The Balaban J connectivity index is 1.87. The molecular formula is C11H16N2O2S. The number of benzene rings is 1. The van der Waals surface area contributed by atoms with Crippen LogP contribution in [0.15, 0.2) is 24.3 Å². The van der Waals surface area contributed by atoms with Crippen molar-refractivity contribution in [2.45, 2.75) is 19.0 Å². The fourth-order valence-corrected chi connectivity index (χ4v) is 3.56. The summed E-state index contributed by atoms with van der Waals surface area (Å²) in [6, 6.07) is 7.70. The van der Waals surface area contributed by atoms with Crippen LogP contribution in [0, 0.1) is 0 Å². The third-order valence-corrected chi connectivity index (χ3v) is 4.57. The number of hydrogen-bond acceptors (Lipinski definition) is 4. The van der Waals surface area contributed by atoms with Crippen LogP contribution in [0.25, 0.3) is 0 Å². The highest BCUT2D eigenvalue weighted by Crippen LogP contribution is 2.12. The third kappa shape index (κ3) is 2.96. The van der Waals surface area contributed by atoms with Crippen LogP contribution in [0.3, 0.4) is 0 Å². The van der Waals surface area contributed by atoms with Crippen molar-refractivity contribution in [3.63, 3.8) is 0 Å². The van der Waals surface area contributed by atoms with Gasteiger partial charge in [-0.2, -0.15) is 0 Å². The zero-order valence-corrected chi connectivity index (χ0v) is 9.83. The van der Waals surface area contributed by atoms with Crippen LogP contribution in [-0.4, -0.2) is 26.0 Å². The van der Waals surface area contributed by atoms with Crippen LogP contribution in [0.2, 0.25) is 0 Å². The van der Waals surface area contributed by atoms with Crippen molar-refractivity contribution in [2.75, 3.05) is 17.2 Å². The quantitative estimate of drug-likeness (QED) is 0.757. The van der Waals surface area contributed by atoms with E-state index in [1.165, 1.54) is 0 Å². The van der Waals surface area contributed by atoms with E-state index >= 15 is 0 Å². The van der Waals surface area contributed by atoms with Crippen LogP contribution in [0.4, 0.5) is 5.69 Å². The molecule has 0 aromatic heterocycles. The Hall–Kier alpha value is -1.07. The van der Waals surface area contributed by atoms with E-state index in [9.17, 15) is 8.42 Å². The average molecular weight is 240 g/mol. The lowest BCUT2D eigenvalue weighted by molar-refractivity contribution is 0.554. The first-order valence-corrected chi connectivity index (χ1v) is 7.15. The molecule has 2 rings (SSSR count). The first-order valence-electron chi connectivity index (χ1n) is 5.33. The molecule has 1 aliphatic heterocycles. The van der Waals surface area contributed by atoms with Crippen LogP contribution >= 0.6 is 0 Å². The molecule has 1 saturated heterocycles. The predicted octanol–water partition coefficient (Wildman–Crippen LogP) is 0.545. The summed E-state index contributed by atoms with van der Waals surface area (Å²) in [6.07, 6.45) is 0.720. The molecule has 16 heavy (non-hydrogen) atoms. The van der Waals surface area contributed by atoms with Crippen molar-refractivity contribution in [2.24, 2.45) is 0 Å². The Morgan fingerprint density at radius 1 is 1.31 bits per heavy atom. The number of rotatable bonds is 3. The molecule has 0 spiro atoms. The normalized spacial score (nSPS) is 23.4. The minimum Gasteiger partial charge on any atom is -0.399 e. The van der Waals surface area contributed by atoms with Crippen molar-refractivity contribution < 1.29 is 8.42 Å². The van der Waals surface area contributed by atoms with Crippen molar-refractivity contribution in [3.05, 3.63) is 29.8 Å². The van der Waals surface area contributed by atoms with Gasteiger partial charge in [-0.3, -0.25) is 0 Å². The Labute approximate surface area is 95.8 Å². The molecule has 0 amide bonds. The van der Waals surface area contributed by atoms with Gasteiger partial charge in [0.15, 0.2) is 9.84 Å². The molecular weight excluding hydrogens is 224 g/mol. The predicted molar refractivity (Wildman–Crippen MR) is 64.8 cm³/mol. The topological polar surface area (TPSA) is 72.2 Å². The summed E-state index contributed by atoms with van der Waals surface area (Å²) in [5.74, 6) is 0.578. The van der Waals surface area contributed by atoms with E-state index in [4.69, 9.17) is 5.73 Å². The summed E-state index contributed by atoms with van der Waals surface area (Å²) < 4.78 is 22.5.